The second-order valence-electron chi connectivity index (χ2n) is 9.14. The van der Waals surface area contributed by atoms with Crippen LogP contribution in [0.15, 0.2) is 53.9 Å². The lowest BCUT2D eigenvalue weighted by molar-refractivity contribution is -0.113. The van der Waals surface area contributed by atoms with Crippen LogP contribution in [0.5, 0.6) is 0 Å². The Balaban J connectivity index is 1.20. The van der Waals surface area contributed by atoms with E-state index >= 15 is 0 Å². The van der Waals surface area contributed by atoms with E-state index in [9.17, 15) is 4.79 Å². The van der Waals surface area contributed by atoms with E-state index in [1.165, 1.54) is 28.5 Å². The number of benzene rings is 2. The number of hydrazine groups is 1. The van der Waals surface area contributed by atoms with Gasteiger partial charge >= 0.3 is 0 Å². The quantitative estimate of drug-likeness (QED) is 0.640. The van der Waals surface area contributed by atoms with E-state index < -0.39 is 0 Å². The van der Waals surface area contributed by atoms with Gasteiger partial charge in [-0.05, 0) is 68.5 Å². The Hall–Kier alpha value is -2.97. The molecule has 3 heterocycles. The molecular formula is C25H30N6OS. The molecule has 0 aliphatic carbocycles. The number of aryl methyl sites for hydroxylation is 4. The highest BCUT2D eigenvalue weighted by atomic mass is 32.2. The van der Waals surface area contributed by atoms with E-state index in [0.717, 1.165) is 28.4 Å². The van der Waals surface area contributed by atoms with Crippen LogP contribution in [-0.4, -0.2) is 38.9 Å². The molecule has 0 saturated carbocycles. The molecule has 1 fully saturated rings. The van der Waals surface area contributed by atoms with E-state index in [0.29, 0.717) is 5.75 Å². The number of amides is 1. The molecule has 3 unspecified atom stereocenters. The molecule has 0 spiro atoms. The largest absolute Gasteiger partial charge is 0.325 e. The molecule has 3 atom stereocenters. The third-order valence-electron chi connectivity index (χ3n) is 6.35. The Morgan fingerprint density at radius 2 is 1.88 bits per heavy atom. The van der Waals surface area contributed by atoms with E-state index in [1.54, 1.807) is 0 Å². The average Bonchev–Trinajstić information content (AvgIpc) is 3.37. The van der Waals surface area contributed by atoms with Gasteiger partial charge in [0.1, 0.15) is 6.17 Å². The molecule has 1 saturated heterocycles. The molecule has 3 aliphatic heterocycles. The molecular weight excluding hydrogens is 432 g/mol. The number of carbonyl (C=O) groups excluding carboxylic acids is 1. The number of carbonyl (C=O) groups is 1. The lowest BCUT2D eigenvalue weighted by Crippen LogP contribution is -2.54. The highest BCUT2D eigenvalue weighted by molar-refractivity contribution is 8.14. The molecule has 0 bridgehead atoms. The highest BCUT2D eigenvalue weighted by Gasteiger charge is 2.44. The average molecular weight is 463 g/mol. The molecule has 3 N–H and O–H groups in total. The molecule has 1 amide bonds. The number of nitrogens with zero attached hydrogens (tertiary/aromatic N) is 3. The fourth-order valence-corrected chi connectivity index (χ4v) is 5.64. The van der Waals surface area contributed by atoms with Gasteiger partial charge in [-0.2, -0.15) is 5.10 Å². The molecule has 172 valence electrons. The first kappa shape index (κ1) is 21.9. The van der Waals surface area contributed by atoms with E-state index in [-0.39, 0.29) is 24.2 Å². The molecule has 0 aromatic heterocycles. The molecule has 3 aliphatic rings. The zero-order valence-electron chi connectivity index (χ0n) is 19.4. The number of hydrazone groups is 1. The number of hydrogen-bond donors (Lipinski definition) is 3. The predicted molar refractivity (Wildman–Crippen MR) is 134 cm³/mol. The summed E-state index contributed by atoms with van der Waals surface area (Å²) in [5.41, 5.74) is 14.0. The van der Waals surface area contributed by atoms with Crippen LogP contribution >= 0.6 is 11.8 Å². The van der Waals surface area contributed by atoms with Crippen molar-refractivity contribution >= 4 is 28.5 Å². The Morgan fingerprint density at radius 1 is 1.09 bits per heavy atom. The SMILES string of the molecule is Cc1cc(C)cc(NC(=O)CSC2=NNC3C4CC(c5cc(C)ccc5C)NN4C=CN23)c1. The van der Waals surface area contributed by atoms with Crippen molar-refractivity contribution in [2.45, 2.75) is 52.4 Å². The van der Waals surface area contributed by atoms with Crippen LogP contribution in [0.2, 0.25) is 0 Å². The molecule has 7 nitrogen and oxygen atoms in total. The lowest BCUT2D eigenvalue weighted by atomic mass is 9.95. The van der Waals surface area contributed by atoms with Crippen LogP contribution in [-0.2, 0) is 4.79 Å². The van der Waals surface area contributed by atoms with Crippen LogP contribution in [0, 0.1) is 27.7 Å². The number of rotatable bonds is 4. The molecule has 5 rings (SSSR count). The van der Waals surface area contributed by atoms with Gasteiger partial charge in [0, 0.05) is 18.1 Å². The molecule has 0 radical (unpaired) electrons. The van der Waals surface area contributed by atoms with Crippen LogP contribution < -0.4 is 16.2 Å². The van der Waals surface area contributed by atoms with Gasteiger partial charge in [0.25, 0.3) is 0 Å². The number of anilines is 1. The van der Waals surface area contributed by atoms with E-state index in [2.05, 4.69) is 75.5 Å². The van der Waals surface area contributed by atoms with Crippen LogP contribution in [0.1, 0.15) is 40.3 Å². The van der Waals surface area contributed by atoms with Gasteiger partial charge in [-0.1, -0.05) is 41.6 Å². The number of hydrogen-bond acceptors (Lipinski definition) is 7. The maximum atomic E-state index is 12.5. The fourth-order valence-electron chi connectivity index (χ4n) is 4.86. The number of nitrogens with one attached hydrogen (secondary N) is 3. The second-order valence-corrected chi connectivity index (χ2v) is 10.1. The van der Waals surface area contributed by atoms with Gasteiger partial charge in [-0.15, -0.1) is 0 Å². The predicted octanol–water partition coefficient (Wildman–Crippen LogP) is 3.90. The summed E-state index contributed by atoms with van der Waals surface area (Å²) in [6, 6.07) is 13.2. The summed E-state index contributed by atoms with van der Waals surface area (Å²) in [5, 5.41) is 10.6. The fraction of sp³-hybridized carbons (Fsp3) is 0.360. The minimum Gasteiger partial charge on any atom is -0.325 e. The maximum absolute atomic E-state index is 12.5. The van der Waals surface area contributed by atoms with E-state index in [4.69, 9.17) is 0 Å². The lowest BCUT2D eigenvalue weighted by Gasteiger charge is -2.36. The monoisotopic (exact) mass is 462 g/mol. The zero-order chi connectivity index (χ0) is 23.1. The van der Waals surface area contributed by atoms with E-state index in [1.807, 2.05) is 32.2 Å². The van der Waals surface area contributed by atoms with Crippen molar-refractivity contribution in [3.63, 3.8) is 0 Å². The summed E-state index contributed by atoms with van der Waals surface area (Å²) in [6.45, 7) is 8.38. The van der Waals surface area contributed by atoms with Crippen molar-refractivity contribution in [3.05, 3.63) is 76.6 Å². The Labute approximate surface area is 199 Å². The van der Waals surface area contributed by atoms with Gasteiger partial charge in [0.05, 0.1) is 17.8 Å². The summed E-state index contributed by atoms with van der Waals surface area (Å²) in [7, 11) is 0. The summed E-state index contributed by atoms with van der Waals surface area (Å²) in [4.78, 5) is 14.7. The van der Waals surface area contributed by atoms with Crippen LogP contribution in [0.25, 0.3) is 0 Å². The topological polar surface area (TPSA) is 72.0 Å². The number of thioether (sulfide) groups is 1. The minimum absolute atomic E-state index is 0.0312. The van der Waals surface area contributed by atoms with Crippen molar-refractivity contribution in [1.82, 2.24) is 20.8 Å². The molecule has 8 heteroatoms. The number of amidine groups is 1. The van der Waals surface area contributed by atoms with Gasteiger partial charge in [0.2, 0.25) is 5.91 Å². The maximum Gasteiger partial charge on any atom is 0.234 e. The molecule has 33 heavy (non-hydrogen) atoms. The summed E-state index contributed by atoms with van der Waals surface area (Å²) in [5.74, 6) is 0.277. The Kier molecular flexibility index (Phi) is 5.80. The van der Waals surface area contributed by atoms with Gasteiger partial charge in [-0.3, -0.25) is 10.2 Å². The standard InChI is InChI=1S/C25H30N6OS/c1-15-5-6-18(4)20(12-15)21-13-22-24-27-28-25(30(24)7-8-31(22)29-21)33-14-23(32)26-19-10-16(2)9-17(3)11-19/h5-12,21-22,24,27,29H,13-14H2,1-4H3,(H,26,32). The molecule has 2 aromatic carbocycles. The number of fused-ring (bicyclic) bond motifs is 3. The summed E-state index contributed by atoms with van der Waals surface area (Å²) >= 11 is 1.45. The first-order valence-electron chi connectivity index (χ1n) is 11.3. The zero-order valence-corrected chi connectivity index (χ0v) is 20.2. The van der Waals surface area contributed by atoms with Gasteiger partial charge in [0.15, 0.2) is 5.17 Å². The van der Waals surface area contributed by atoms with Crippen molar-refractivity contribution in [1.29, 1.82) is 0 Å². The van der Waals surface area contributed by atoms with Crippen LogP contribution in [0.3, 0.4) is 0 Å². The van der Waals surface area contributed by atoms with Gasteiger partial charge < -0.3 is 15.2 Å². The first-order valence-corrected chi connectivity index (χ1v) is 12.3. The molecule has 2 aromatic rings. The van der Waals surface area contributed by atoms with Crippen molar-refractivity contribution in [3.8, 4) is 0 Å². The van der Waals surface area contributed by atoms with Crippen molar-refractivity contribution < 1.29 is 4.79 Å². The third kappa shape index (κ3) is 4.45. The second kappa shape index (κ2) is 8.76. The minimum atomic E-state index is -0.0312. The smallest absolute Gasteiger partial charge is 0.234 e. The summed E-state index contributed by atoms with van der Waals surface area (Å²) < 4.78 is 0. The highest BCUT2D eigenvalue weighted by Crippen LogP contribution is 2.36. The van der Waals surface area contributed by atoms with Crippen molar-refractivity contribution in [2.24, 2.45) is 5.10 Å². The Bertz CT molecular complexity index is 1130. The Morgan fingerprint density at radius 3 is 2.67 bits per heavy atom. The normalized spacial score (nSPS) is 23.2. The van der Waals surface area contributed by atoms with Crippen LogP contribution in [0.4, 0.5) is 5.69 Å². The first-order chi connectivity index (χ1) is 15.9. The third-order valence-corrected chi connectivity index (χ3v) is 7.32. The van der Waals surface area contributed by atoms with Crippen molar-refractivity contribution in [2.75, 3.05) is 11.1 Å². The summed E-state index contributed by atoms with van der Waals surface area (Å²) in [6.07, 6.45) is 5.13. The van der Waals surface area contributed by atoms with Gasteiger partial charge in [-0.25, -0.2) is 5.43 Å².